The highest BCUT2D eigenvalue weighted by Crippen LogP contribution is 2.34. The van der Waals surface area contributed by atoms with Gasteiger partial charge in [0, 0.05) is 17.8 Å². The Kier molecular flexibility index (Phi) is 4.11. The number of likely N-dealkylation sites (tertiary alicyclic amines) is 1. The topological polar surface area (TPSA) is 110 Å². The zero-order valence-electron chi connectivity index (χ0n) is 12.7. The van der Waals surface area contributed by atoms with Crippen LogP contribution in [0.4, 0.5) is 11.4 Å². The number of fused-ring (bicyclic) bond motifs is 1. The number of rotatable bonds is 4. The van der Waals surface area contributed by atoms with Crippen molar-refractivity contribution in [3.8, 4) is 0 Å². The third kappa shape index (κ3) is 2.90. The molecule has 0 aromatic heterocycles. The average Bonchev–Trinajstić information content (AvgIpc) is 2.80. The van der Waals surface area contributed by atoms with Gasteiger partial charge < -0.3 is 5.32 Å². The number of nitrogens with zero attached hydrogens (tertiary/aromatic N) is 2. The maximum Gasteiger partial charge on any atom is 0.271 e. The molecule has 0 spiro atoms. The molecular formula is C16H15N3O5. The lowest BCUT2D eigenvalue weighted by molar-refractivity contribution is -0.384. The smallest absolute Gasteiger partial charge is 0.271 e. The SMILES string of the molecule is O=C(CN1C(=O)[C@H]2CC=CC[C@@H]2C1=O)Nc1cccc([N+](=O)[O-])c1. The van der Waals surface area contributed by atoms with E-state index in [1.807, 2.05) is 12.2 Å². The monoisotopic (exact) mass is 329 g/mol. The molecule has 1 aromatic carbocycles. The fourth-order valence-electron chi connectivity index (χ4n) is 3.07. The molecule has 1 fully saturated rings. The number of hydrogen-bond donors (Lipinski definition) is 1. The van der Waals surface area contributed by atoms with E-state index in [0.717, 1.165) is 4.90 Å². The van der Waals surface area contributed by atoms with E-state index in [9.17, 15) is 24.5 Å². The van der Waals surface area contributed by atoms with Crippen LogP contribution in [0.15, 0.2) is 36.4 Å². The average molecular weight is 329 g/mol. The Morgan fingerprint density at radius 1 is 1.21 bits per heavy atom. The molecule has 1 heterocycles. The van der Waals surface area contributed by atoms with E-state index in [-0.39, 0.29) is 41.6 Å². The number of nitro benzene ring substituents is 1. The molecule has 8 nitrogen and oxygen atoms in total. The first-order valence-corrected chi connectivity index (χ1v) is 7.52. The molecule has 2 atom stereocenters. The van der Waals surface area contributed by atoms with Crippen molar-refractivity contribution in [2.75, 3.05) is 11.9 Å². The van der Waals surface area contributed by atoms with Gasteiger partial charge in [-0.2, -0.15) is 0 Å². The van der Waals surface area contributed by atoms with Crippen molar-refractivity contribution < 1.29 is 19.3 Å². The van der Waals surface area contributed by atoms with E-state index in [1.165, 1.54) is 24.3 Å². The quantitative estimate of drug-likeness (QED) is 0.389. The Balaban J connectivity index is 1.67. The van der Waals surface area contributed by atoms with Gasteiger partial charge in [-0.1, -0.05) is 18.2 Å². The maximum atomic E-state index is 12.3. The largest absolute Gasteiger partial charge is 0.324 e. The minimum atomic E-state index is -0.569. The summed E-state index contributed by atoms with van der Waals surface area (Å²) >= 11 is 0. The van der Waals surface area contributed by atoms with Gasteiger partial charge in [-0.3, -0.25) is 29.4 Å². The van der Waals surface area contributed by atoms with Crippen LogP contribution in [0.5, 0.6) is 0 Å². The number of hydrogen-bond acceptors (Lipinski definition) is 5. The Labute approximate surface area is 137 Å². The Morgan fingerprint density at radius 2 is 1.83 bits per heavy atom. The molecule has 8 heteroatoms. The highest BCUT2D eigenvalue weighted by atomic mass is 16.6. The maximum absolute atomic E-state index is 12.3. The van der Waals surface area contributed by atoms with Crippen molar-refractivity contribution in [2.24, 2.45) is 11.8 Å². The summed E-state index contributed by atoms with van der Waals surface area (Å²) in [5, 5.41) is 13.2. The van der Waals surface area contributed by atoms with Gasteiger partial charge in [-0.05, 0) is 18.9 Å². The highest BCUT2D eigenvalue weighted by molar-refractivity contribution is 6.08. The van der Waals surface area contributed by atoms with Crippen molar-refractivity contribution in [3.63, 3.8) is 0 Å². The molecule has 3 rings (SSSR count). The summed E-state index contributed by atoms with van der Waals surface area (Å²) in [6.45, 7) is -0.382. The van der Waals surface area contributed by atoms with E-state index in [2.05, 4.69) is 5.32 Å². The number of carbonyl (C=O) groups is 3. The zero-order valence-corrected chi connectivity index (χ0v) is 12.7. The van der Waals surface area contributed by atoms with Gasteiger partial charge in [0.05, 0.1) is 16.8 Å². The molecule has 0 radical (unpaired) electrons. The Morgan fingerprint density at radius 3 is 2.42 bits per heavy atom. The van der Waals surface area contributed by atoms with E-state index in [1.54, 1.807) is 0 Å². The molecule has 2 aliphatic rings. The summed E-state index contributed by atoms with van der Waals surface area (Å²) in [6.07, 6.45) is 4.77. The summed E-state index contributed by atoms with van der Waals surface area (Å²) < 4.78 is 0. The van der Waals surface area contributed by atoms with E-state index in [4.69, 9.17) is 0 Å². The lowest BCUT2D eigenvalue weighted by atomic mass is 9.85. The molecule has 1 aromatic rings. The molecule has 124 valence electrons. The molecule has 0 unspecified atom stereocenters. The predicted molar refractivity (Wildman–Crippen MR) is 83.8 cm³/mol. The van der Waals surface area contributed by atoms with Crippen molar-refractivity contribution in [1.29, 1.82) is 0 Å². The van der Waals surface area contributed by atoms with Crippen LogP contribution in [0.25, 0.3) is 0 Å². The van der Waals surface area contributed by atoms with Crippen LogP contribution in [0, 0.1) is 22.0 Å². The third-order valence-corrected chi connectivity index (χ3v) is 4.24. The van der Waals surface area contributed by atoms with Crippen LogP contribution in [0.3, 0.4) is 0 Å². The molecule has 0 bridgehead atoms. The van der Waals surface area contributed by atoms with Gasteiger partial charge in [0.25, 0.3) is 5.69 Å². The van der Waals surface area contributed by atoms with E-state index >= 15 is 0 Å². The van der Waals surface area contributed by atoms with Gasteiger partial charge in [-0.15, -0.1) is 0 Å². The number of anilines is 1. The fraction of sp³-hybridized carbons (Fsp3) is 0.312. The van der Waals surface area contributed by atoms with Crippen LogP contribution in [-0.2, 0) is 14.4 Å². The second-order valence-electron chi connectivity index (χ2n) is 5.77. The minimum absolute atomic E-state index is 0.154. The normalized spacial score (nSPS) is 22.4. The number of imide groups is 1. The van der Waals surface area contributed by atoms with E-state index < -0.39 is 10.8 Å². The second-order valence-corrected chi connectivity index (χ2v) is 5.77. The number of carbonyl (C=O) groups excluding carboxylic acids is 3. The minimum Gasteiger partial charge on any atom is -0.324 e. The van der Waals surface area contributed by atoms with Crippen molar-refractivity contribution >= 4 is 29.1 Å². The lowest BCUT2D eigenvalue weighted by Gasteiger charge is -2.14. The van der Waals surface area contributed by atoms with Crippen LogP contribution < -0.4 is 5.32 Å². The number of non-ortho nitro benzene ring substituents is 1. The van der Waals surface area contributed by atoms with Crippen LogP contribution in [0.2, 0.25) is 0 Å². The standard InChI is InChI=1S/C16H15N3O5/c20-14(17-10-4-3-5-11(8-10)19(23)24)9-18-15(21)12-6-1-2-7-13(12)16(18)22/h1-5,8,12-13H,6-7,9H2,(H,17,20)/t12-,13-/m0/s1. The van der Waals surface area contributed by atoms with Crippen LogP contribution >= 0.6 is 0 Å². The Bertz CT molecular complexity index is 732. The number of benzene rings is 1. The first kappa shape index (κ1) is 15.9. The third-order valence-electron chi connectivity index (χ3n) is 4.24. The number of amides is 3. The zero-order chi connectivity index (χ0) is 17.3. The van der Waals surface area contributed by atoms with Gasteiger partial charge in [0.1, 0.15) is 6.54 Å². The predicted octanol–water partition coefficient (Wildman–Crippen LogP) is 1.48. The summed E-state index contributed by atoms with van der Waals surface area (Å²) in [5.41, 5.74) is 0.0885. The summed E-state index contributed by atoms with van der Waals surface area (Å²) in [5.74, 6) is -1.99. The molecule has 1 N–H and O–H groups in total. The molecular weight excluding hydrogens is 314 g/mol. The van der Waals surface area contributed by atoms with Gasteiger partial charge in [0.15, 0.2) is 0 Å². The molecule has 24 heavy (non-hydrogen) atoms. The molecule has 1 aliphatic heterocycles. The first-order valence-electron chi connectivity index (χ1n) is 7.52. The first-order chi connectivity index (χ1) is 11.5. The summed E-state index contributed by atoms with van der Waals surface area (Å²) in [6, 6.07) is 5.47. The van der Waals surface area contributed by atoms with E-state index in [0.29, 0.717) is 12.8 Å². The number of nitrogens with one attached hydrogen (secondary N) is 1. The summed E-state index contributed by atoms with van der Waals surface area (Å²) in [7, 11) is 0. The number of allylic oxidation sites excluding steroid dienone is 2. The van der Waals surface area contributed by atoms with Crippen molar-refractivity contribution in [1.82, 2.24) is 4.90 Å². The van der Waals surface area contributed by atoms with Gasteiger partial charge in [-0.25, -0.2) is 0 Å². The molecule has 0 saturated carbocycles. The fourth-order valence-corrected chi connectivity index (χ4v) is 3.07. The van der Waals surface area contributed by atoms with Crippen molar-refractivity contribution in [2.45, 2.75) is 12.8 Å². The van der Waals surface area contributed by atoms with Crippen LogP contribution in [0.1, 0.15) is 12.8 Å². The van der Waals surface area contributed by atoms with Gasteiger partial charge in [0.2, 0.25) is 17.7 Å². The molecule has 1 saturated heterocycles. The Hall–Kier alpha value is -3.03. The lowest BCUT2D eigenvalue weighted by Crippen LogP contribution is -2.38. The van der Waals surface area contributed by atoms with Gasteiger partial charge >= 0.3 is 0 Å². The highest BCUT2D eigenvalue weighted by Gasteiger charge is 2.47. The molecule has 3 amide bonds. The summed E-state index contributed by atoms with van der Waals surface area (Å²) in [4.78, 5) is 47.8. The second kappa shape index (κ2) is 6.23. The van der Waals surface area contributed by atoms with Crippen LogP contribution in [-0.4, -0.2) is 34.1 Å². The molecule has 1 aliphatic carbocycles. The number of nitro groups is 1. The van der Waals surface area contributed by atoms with Crippen molar-refractivity contribution in [3.05, 3.63) is 46.5 Å².